The Morgan fingerprint density at radius 3 is 2.80 bits per heavy atom. The fourth-order valence-electron chi connectivity index (χ4n) is 1.98. The number of hydrogen-bond acceptors (Lipinski definition) is 0. The van der Waals surface area contributed by atoms with E-state index in [2.05, 4.69) is 13.5 Å². The fraction of sp³-hybridized carbons (Fsp3) is 0.800. The molecule has 0 amide bonds. The number of rotatable bonds is 3. The molecule has 1 aliphatic rings. The third-order valence-electron chi connectivity index (χ3n) is 2.78. The summed E-state index contributed by atoms with van der Waals surface area (Å²) in [6, 6.07) is 0. The second-order valence-electron chi connectivity index (χ2n) is 3.53. The van der Waals surface area contributed by atoms with Crippen molar-refractivity contribution in [3.8, 4) is 0 Å². The molecule has 1 saturated carbocycles. The van der Waals surface area contributed by atoms with Crippen molar-refractivity contribution < 1.29 is 0 Å². The predicted molar refractivity (Wildman–Crippen MR) is 45.9 cm³/mol. The van der Waals surface area contributed by atoms with Crippen molar-refractivity contribution in [3.05, 3.63) is 12.7 Å². The van der Waals surface area contributed by atoms with Gasteiger partial charge in [-0.1, -0.05) is 32.3 Å². The van der Waals surface area contributed by atoms with Crippen LogP contribution in [0.25, 0.3) is 0 Å². The van der Waals surface area contributed by atoms with Crippen molar-refractivity contribution in [1.29, 1.82) is 0 Å². The molecule has 0 bridgehead atoms. The largest absolute Gasteiger partial charge is 0.103 e. The van der Waals surface area contributed by atoms with Crippen LogP contribution in [-0.2, 0) is 0 Å². The summed E-state index contributed by atoms with van der Waals surface area (Å²) in [5, 5.41) is 0. The van der Waals surface area contributed by atoms with E-state index in [-0.39, 0.29) is 0 Å². The van der Waals surface area contributed by atoms with Crippen LogP contribution in [0.5, 0.6) is 0 Å². The Bertz CT molecular complexity index is 105. The van der Waals surface area contributed by atoms with Crippen LogP contribution >= 0.6 is 0 Å². The first kappa shape index (κ1) is 7.84. The van der Waals surface area contributed by atoms with Gasteiger partial charge in [0.15, 0.2) is 0 Å². The first-order valence-corrected chi connectivity index (χ1v) is 4.45. The first-order valence-electron chi connectivity index (χ1n) is 4.45. The Morgan fingerprint density at radius 1 is 1.50 bits per heavy atom. The minimum atomic E-state index is 0.986. The van der Waals surface area contributed by atoms with Crippen LogP contribution in [0.4, 0.5) is 0 Å². The summed E-state index contributed by atoms with van der Waals surface area (Å²) in [4.78, 5) is 0. The molecule has 0 saturated heterocycles. The molecule has 10 heavy (non-hydrogen) atoms. The molecule has 0 spiro atoms. The van der Waals surface area contributed by atoms with Gasteiger partial charge in [-0.05, 0) is 24.7 Å². The van der Waals surface area contributed by atoms with Crippen molar-refractivity contribution in [3.63, 3.8) is 0 Å². The molecule has 2 atom stereocenters. The Kier molecular flexibility index (Phi) is 2.98. The van der Waals surface area contributed by atoms with E-state index in [1.54, 1.807) is 0 Å². The molecule has 0 radical (unpaired) electrons. The van der Waals surface area contributed by atoms with E-state index in [1.165, 1.54) is 32.1 Å². The normalized spacial score (nSPS) is 32.5. The Labute approximate surface area is 64.3 Å². The zero-order valence-electron chi connectivity index (χ0n) is 6.97. The molecule has 0 N–H and O–H groups in total. The lowest BCUT2D eigenvalue weighted by Gasteiger charge is -2.12. The van der Waals surface area contributed by atoms with Crippen LogP contribution in [0.2, 0.25) is 0 Å². The van der Waals surface area contributed by atoms with Crippen molar-refractivity contribution in [1.82, 2.24) is 0 Å². The van der Waals surface area contributed by atoms with Crippen molar-refractivity contribution in [2.45, 2.75) is 39.0 Å². The van der Waals surface area contributed by atoms with Gasteiger partial charge in [-0.3, -0.25) is 0 Å². The third kappa shape index (κ3) is 1.86. The molecule has 0 aromatic carbocycles. The SMILES string of the molecule is C=CCC[C@@H]1CCC[C@@H]1C. The molecule has 0 heteroatoms. The zero-order chi connectivity index (χ0) is 7.40. The lowest BCUT2D eigenvalue weighted by Crippen LogP contribution is -2.02. The summed E-state index contributed by atoms with van der Waals surface area (Å²) < 4.78 is 0. The monoisotopic (exact) mass is 138 g/mol. The van der Waals surface area contributed by atoms with E-state index in [0.29, 0.717) is 0 Å². The highest BCUT2D eigenvalue weighted by atomic mass is 14.3. The van der Waals surface area contributed by atoms with E-state index in [1.807, 2.05) is 6.08 Å². The quantitative estimate of drug-likeness (QED) is 0.524. The summed E-state index contributed by atoms with van der Waals surface area (Å²) >= 11 is 0. The van der Waals surface area contributed by atoms with Gasteiger partial charge >= 0.3 is 0 Å². The van der Waals surface area contributed by atoms with Gasteiger partial charge < -0.3 is 0 Å². The Hall–Kier alpha value is -0.260. The highest BCUT2D eigenvalue weighted by Crippen LogP contribution is 2.34. The zero-order valence-corrected chi connectivity index (χ0v) is 6.97. The standard InChI is InChI=1S/C10H18/c1-3-4-7-10-8-5-6-9(10)2/h3,9-10H,1,4-8H2,2H3/t9-,10+/m0/s1. The molecule has 0 aliphatic heterocycles. The first-order chi connectivity index (χ1) is 4.84. The Balaban J connectivity index is 2.19. The van der Waals surface area contributed by atoms with E-state index >= 15 is 0 Å². The lowest BCUT2D eigenvalue weighted by atomic mass is 9.93. The highest BCUT2D eigenvalue weighted by Gasteiger charge is 2.21. The summed E-state index contributed by atoms with van der Waals surface area (Å²) in [5.41, 5.74) is 0. The molecule has 0 heterocycles. The topological polar surface area (TPSA) is 0 Å². The maximum absolute atomic E-state index is 3.75. The summed E-state index contributed by atoms with van der Waals surface area (Å²) in [7, 11) is 0. The summed E-state index contributed by atoms with van der Waals surface area (Å²) in [6.07, 6.45) is 9.03. The molecule has 0 unspecified atom stereocenters. The molecular weight excluding hydrogens is 120 g/mol. The fourth-order valence-corrected chi connectivity index (χ4v) is 1.98. The molecule has 0 aromatic heterocycles. The van der Waals surface area contributed by atoms with Gasteiger partial charge in [-0.15, -0.1) is 6.58 Å². The molecule has 1 rings (SSSR count). The summed E-state index contributed by atoms with van der Waals surface area (Å²) in [6.45, 7) is 6.14. The van der Waals surface area contributed by atoms with Crippen LogP contribution in [0.15, 0.2) is 12.7 Å². The van der Waals surface area contributed by atoms with Gasteiger partial charge in [0, 0.05) is 0 Å². The van der Waals surface area contributed by atoms with E-state index < -0.39 is 0 Å². The van der Waals surface area contributed by atoms with E-state index in [4.69, 9.17) is 0 Å². The third-order valence-corrected chi connectivity index (χ3v) is 2.78. The summed E-state index contributed by atoms with van der Waals surface area (Å²) in [5.74, 6) is 2.00. The van der Waals surface area contributed by atoms with Crippen LogP contribution in [0.3, 0.4) is 0 Å². The van der Waals surface area contributed by atoms with Crippen LogP contribution < -0.4 is 0 Å². The van der Waals surface area contributed by atoms with E-state index in [9.17, 15) is 0 Å². The van der Waals surface area contributed by atoms with Gasteiger partial charge in [-0.2, -0.15) is 0 Å². The second-order valence-corrected chi connectivity index (χ2v) is 3.53. The minimum absolute atomic E-state index is 0.986. The minimum Gasteiger partial charge on any atom is -0.103 e. The van der Waals surface area contributed by atoms with E-state index in [0.717, 1.165) is 11.8 Å². The van der Waals surface area contributed by atoms with Gasteiger partial charge in [0.1, 0.15) is 0 Å². The smallest absolute Gasteiger partial charge is 0.0351 e. The van der Waals surface area contributed by atoms with Gasteiger partial charge in [0.05, 0.1) is 0 Å². The second kappa shape index (κ2) is 3.80. The van der Waals surface area contributed by atoms with Crippen LogP contribution in [0.1, 0.15) is 39.0 Å². The van der Waals surface area contributed by atoms with Gasteiger partial charge in [0.2, 0.25) is 0 Å². The maximum atomic E-state index is 3.75. The average molecular weight is 138 g/mol. The van der Waals surface area contributed by atoms with Crippen molar-refractivity contribution in [2.24, 2.45) is 11.8 Å². The Morgan fingerprint density at radius 2 is 2.30 bits per heavy atom. The van der Waals surface area contributed by atoms with Crippen molar-refractivity contribution >= 4 is 0 Å². The maximum Gasteiger partial charge on any atom is -0.0351 e. The predicted octanol–water partition coefficient (Wildman–Crippen LogP) is 3.39. The number of hydrogen-bond donors (Lipinski definition) is 0. The van der Waals surface area contributed by atoms with Crippen molar-refractivity contribution in [2.75, 3.05) is 0 Å². The molecular formula is C10H18. The van der Waals surface area contributed by atoms with Crippen LogP contribution in [-0.4, -0.2) is 0 Å². The molecule has 1 fully saturated rings. The number of allylic oxidation sites excluding steroid dienone is 1. The average Bonchev–Trinajstić information content (AvgIpc) is 2.31. The lowest BCUT2D eigenvalue weighted by molar-refractivity contribution is 0.395. The highest BCUT2D eigenvalue weighted by molar-refractivity contribution is 4.77. The molecule has 0 nitrogen and oxygen atoms in total. The molecule has 0 aromatic rings. The molecule has 1 aliphatic carbocycles. The molecule has 58 valence electrons. The van der Waals surface area contributed by atoms with Gasteiger partial charge in [-0.25, -0.2) is 0 Å². The van der Waals surface area contributed by atoms with Crippen LogP contribution in [0, 0.1) is 11.8 Å². The van der Waals surface area contributed by atoms with Gasteiger partial charge in [0.25, 0.3) is 0 Å².